The highest BCUT2D eigenvalue weighted by molar-refractivity contribution is 5.93. The molecule has 0 N–H and O–H groups in total. The first kappa shape index (κ1) is 13.8. The largest absolute Gasteiger partial charge is 0.464 e. The van der Waals surface area contributed by atoms with Crippen LogP contribution >= 0.6 is 0 Å². The molecule has 3 rings (SSSR count). The molecule has 2 heterocycles. The molecule has 0 bridgehead atoms. The number of pyridine rings is 1. The lowest BCUT2D eigenvalue weighted by Gasteiger charge is -2.15. The highest BCUT2D eigenvalue weighted by Gasteiger charge is 2.36. The number of hydrogen-bond donors (Lipinski definition) is 0. The molecule has 4 nitrogen and oxygen atoms in total. The lowest BCUT2D eigenvalue weighted by molar-refractivity contribution is 0.0774. The Morgan fingerprint density at radius 3 is 2.81 bits per heavy atom. The van der Waals surface area contributed by atoms with Crippen molar-refractivity contribution in [2.45, 2.75) is 25.8 Å². The van der Waals surface area contributed by atoms with Gasteiger partial charge in [0.25, 0.3) is 5.91 Å². The van der Waals surface area contributed by atoms with Gasteiger partial charge in [-0.2, -0.15) is 4.39 Å². The van der Waals surface area contributed by atoms with Crippen molar-refractivity contribution in [3.8, 4) is 0 Å². The summed E-state index contributed by atoms with van der Waals surface area (Å²) < 4.78 is 18.5. The summed E-state index contributed by atoms with van der Waals surface area (Å²) in [6.45, 7) is 2.58. The van der Waals surface area contributed by atoms with E-state index in [2.05, 4.69) is 11.9 Å². The van der Waals surface area contributed by atoms with E-state index in [1.54, 1.807) is 7.05 Å². The van der Waals surface area contributed by atoms with Crippen LogP contribution in [0.2, 0.25) is 0 Å². The number of amides is 1. The van der Waals surface area contributed by atoms with E-state index in [1.165, 1.54) is 29.7 Å². The standard InChI is InChI=1S/C16H17FN2O2/c1-10-7-13(10)14-5-4-12(21-14)9-19(2)16(20)11-3-6-15(17)18-8-11/h3-6,8,10,13H,7,9H2,1-2H3. The van der Waals surface area contributed by atoms with E-state index in [-0.39, 0.29) is 5.91 Å². The van der Waals surface area contributed by atoms with Crippen LogP contribution < -0.4 is 0 Å². The molecule has 110 valence electrons. The fourth-order valence-electron chi connectivity index (χ4n) is 2.43. The van der Waals surface area contributed by atoms with Gasteiger partial charge in [-0.3, -0.25) is 4.79 Å². The molecule has 2 aromatic rings. The molecule has 0 spiro atoms. The Bertz CT molecular complexity index is 651. The molecule has 0 radical (unpaired) electrons. The average molecular weight is 288 g/mol. The van der Waals surface area contributed by atoms with Gasteiger partial charge < -0.3 is 9.32 Å². The average Bonchev–Trinajstić information content (AvgIpc) is 3.02. The Hall–Kier alpha value is -2.17. The molecule has 1 fully saturated rings. The second-order valence-electron chi connectivity index (χ2n) is 5.65. The molecule has 21 heavy (non-hydrogen) atoms. The predicted molar refractivity (Wildman–Crippen MR) is 75.2 cm³/mol. The van der Waals surface area contributed by atoms with Crippen LogP contribution in [-0.4, -0.2) is 22.8 Å². The molecule has 2 unspecified atom stereocenters. The van der Waals surface area contributed by atoms with E-state index >= 15 is 0 Å². The van der Waals surface area contributed by atoms with Crippen LogP contribution in [0.15, 0.2) is 34.9 Å². The summed E-state index contributed by atoms with van der Waals surface area (Å²) in [5.41, 5.74) is 0.362. The third kappa shape index (κ3) is 2.96. The normalized spacial score (nSPS) is 20.3. The first-order chi connectivity index (χ1) is 10.0. The third-order valence-electron chi connectivity index (χ3n) is 3.87. The smallest absolute Gasteiger partial charge is 0.255 e. The van der Waals surface area contributed by atoms with Gasteiger partial charge in [-0.1, -0.05) is 6.92 Å². The van der Waals surface area contributed by atoms with Crippen molar-refractivity contribution in [2.24, 2.45) is 5.92 Å². The van der Waals surface area contributed by atoms with E-state index in [9.17, 15) is 9.18 Å². The minimum atomic E-state index is -0.594. The quantitative estimate of drug-likeness (QED) is 0.812. The second kappa shape index (κ2) is 5.31. The number of furan rings is 1. The van der Waals surface area contributed by atoms with Gasteiger partial charge in [0.15, 0.2) is 0 Å². The summed E-state index contributed by atoms with van der Waals surface area (Å²) in [6, 6.07) is 6.51. The molecule has 5 heteroatoms. The maximum absolute atomic E-state index is 12.8. The first-order valence-corrected chi connectivity index (χ1v) is 7.00. The van der Waals surface area contributed by atoms with Gasteiger partial charge in [-0.05, 0) is 36.6 Å². The summed E-state index contributed by atoms with van der Waals surface area (Å²) in [4.78, 5) is 17.2. The minimum Gasteiger partial charge on any atom is -0.464 e. The molecule has 1 saturated carbocycles. The maximum atomic E-state index is 12.8. The zero-order chi connectivity index (χ0) is 15.0. The molecule has 1 amide bonds. The number of nitrogens with zero attached hydrogens (tertiary/aromatic N) is 2. The number of carbonyl (C=O) groups is 1. The fraction of sp³-hybridized carbons (Fsp3) is 0.375. The number of halogens is 1. The highest BCUT2D eigenvalue weighted by Crippen LogP contribution is 2.47. The SMILES string of the molecule is CC1CC1c1ccc(CN(C)C(=O)c2ccc(F)nc2)o1. The van der Waals surface area contributed by atoms with Gasteiger partial charge in [-0.15, -0.1) is 0 Å². The van der Waals surface area contributed by atoms with E-state index < -0.39 is 5.95 Å². The third-order valence-corrected chi connectivity index (χ3v) is 3.87. The fourth-order valence-corrected chi connectivity index (χ4v) is 2.43. The van der Waals surface area contributed by atoms with Gasteiger partial charge in [0.2, 0.25) is 5.95 Å². The van der Waals surface area contributed by atoms with Crippen LogP contribution in [0.25, 0.3) is 0 Å². The zero-order valence-corrected chi connectivity index (χ0v) is 12.0. The minimum absolute atomic E-state index is 0.208. The van der Waals surface area contributed by atoms with E-state index in [0.717, 1.165) is 11.5 Å². The molecule has 2 aromatic heterocycles. The van der Waals surface area contributed by atoms with Crippen molar-refractivity contribution in [3.63, 3.8) is 0 Å². The summed E-state index contributed by atoms with van der Waals surface area (Å²) in [5.74, 6) is 2.18. The number of hydrogen-bond acceptors (Lipinski definition) is 3. The van der Waals surface area contributed by atoms with Gasteiger partial charge in [0.1, 0.15) is 11.5 Å². The Labute approximate surface area is 122 Å². The van der Waals surface area contributed by atoms with Crippen molar-refractivity contribution in [1.82, 2.24) is 9.88 Å². The molecular formula is C16H17FN2O2. The maximum Gasteiger partial charge on any atom is 0.255 e. The summed E-state index contributed by atoms with van der Waals surface area (Å²) in [5, 5.41) is 0. The van der Waals surface area contributed by atoms with Gasteiger partial charge in [-0.25, -0.2) is 4.98 Å². The molecule has 0 aliphatic heterocycles. The molecule has 0 saturated heterocycles. The predicted octanol–water partition coefficient (Wildman–Crippen LogP) is 3.21. The van der Waals surface area contributed by atoms with Crippen LogP contribution in [0.3, 0.4) is 0 Å². The lowest BCUT2D eigenvalue weighted by atomic mass is 10.2. The molecule has 1 aliphatic carbocycles. The summed E-state index contributed by atoms with van der Waals surface area (Å²) in [6.07, 6.45) is 2.41. The molecule has 0 aromatic carbocycles. The molecular weight excluding hydrogens is 271 g/mol. The zero-order valence-electron chi connectivity index (χ0n) is 12.0. The van der Waals surface area contributed by atoms with E-state index in [4.69, 9.17) is 4.42 Å². The van der Waals surface area contributed by atoms with Crippen molar-refractivity contribution >= 4 is 5.91 Å². The monoisotopic (exact) mass is 288 g/mol. The number of aromatic nitrogens is 1. The van der Waals surface area contributed by atoms with Crippen LogP contribution in [0, 0.1) is 11.9 Å². The molecule has 2 atom stereocenters. The lowest BCUT2D eigenvalue weighted by Crippen LogP contribution is -2.26. The first-order valence-electron chi connectivity index (χ1n) is 7.00. The summed E-state index contributed by atoms with van der Waals surface area (Å²) >= 11 is 0. The van der Waals surface area contributed by atoms with Crippen LogP contribution in [0.4, 0.5) is 4.39 Å². The Morgan fingerprint density at radius 2 is 2.19 bits per heavy atom. The molecule has 1 aliphatic rings. The second-order valence-corrected chi connectivity index (χ2v) is 5.65. The van der Waals surface area contributed by atoms with E-state index in [0.29, 0.717) is 23.9 Å². The van der Waals surface area contributed by atoms with Crippen LogP contribution in [0.1, 0.15) is 41.1 Å². The van der Waals surface area contributed by atoms with Crippen LogP contribution in [0.5, 0.6) is 0 Å². The Kier molecular flexibility index (Phi) is 3.49. The Morgan fingerprint density at radius 1 is 1.43 bits per heavy atom. The van der Waals surface area contributed by atoms with Crippen molar-refractivity contribution in [2.75, 3.05) is 7.05 Å². The topological polar surface area (TPSA) is 46.3 Å². The summed E-state index contributed by atoms with van der Waals surface area (Å²) in [7, 11) is 1.69. The number of rotatable bonds is 4. The highest BCUT2D eigenvalue weighted by atomic mass is 19.1. The number of carbonyl (C=O) groups excluding carboxylic acids is 1. The van der Waals surface area contributed by atoms with Gasteiger partial charge in [0.05, 0.1) is 12.1 Å². The van der Waals surface area contributed by atoms with Crippen molar-refractivity contribution in [1.29, 1.82) is 0 Å². The van der Waals surface area contributed by atoms with Crippen molar-refractivity contribution in [3.05, 3.63) is 53.5 Å². The van der Waals surface area contributed by atoms with E-state index in [1.807, 2.05) is 12.1 Å². The van der Waals surface area contributed by atoms with Crippen molar-refractivity contribution < 1.29 is 13.6 Å². The van der Waals surface area contributed by atoms with Crippen LogP contribution in [-0.2, 0) is 6.54 Å². The van der Waals surface area contributed by atoms with Gasteiger partial charge in [0, 0.05) is 19.2 Å². The Balaban J connectivity index is 1.65. The van der Waals surface area contributed by atoms with Gasteiger partial charge >= 0.3 is 0 Å².